The summed E-state index contributed by atoms with van der Waals surface area (Å²) < 4.78 is 0. The molecule has 15 heavy (non-hydrogen) atoms. The number of nitrogens with two attached hydrogens (primary N) is 1. The number of hydrogen-bond acceptors (Lipinski definition) is 2. The zero-order chi connectivity index (χ0) is 10.8. The van der Waals surface area contributed by atoms with E-state index >= 15 is 0 Å². The molecule has 0 amide bonds. The maximum Gasteiger partial charge on any atom is 0.164 e. The summed E-state index contributed by atoms with van der Waals surface area (Å²) in [5, 5.41) is 0.741. The topological polar surface area (TPSA) is 43.1 Å². The summed E-state index contributed by atoms with van der Waals surface area (Å²) in [5.74, 6) is 0.0918. The van der Waals surface area contributed by atoms with E-state index in [2.05, 4.69) is 0 Å². The normalized spacial score (nSPS) is 14.0. The third-order valence-corrected chi connectivity index (χ3v) is 3.19. The highest BCUT2D eigenvalue weighted by Gasteiger charge is 2.17. The summed E-state index contributed by atoms with van der Waals surface area (Å²) in [5.41, 5.74) is 8.54. The Morgan fingerprint density at radius 1 is 1.40 bits per heavy atom. The summed E-state index contributed by atoms with van der Waals surface area (Å²) in [4.78, 5) is 11.7. The molecule has 1 aliphatic rings. The molecular formula is C12H14ClNO. The van der Waals surface area contributed by atoms with Crippen molar-refractivity contribution in [3.05, 3.63) is 33.8 Å². The monoisotopic (exact) mass is 223 g/mol. The molecule has 2 N–H and O–H groups in total. The van der Waals surface area contributed by atoms with Crippen LogP contribution in [-0.4, -0.2) is 12.3 Å². The number of hydrogen-bond donors (Lipinski definition) is 1. The first-order valence-electron chi connectivity index (χ1n) is 5.27. The van der Waals surface area contributed by atoms with Gasteiger partial charge in [-0.3, -0.25) is 4.79 Å². The van der Waals surface area contributed by atoms with Crippen molar-refractivity contribution in [1.29, 1.82) is 0 Å². The summed E-state index contributed by atoms with van der Waals surface area (Å²) in [6, 6.07) is 3.76. The fourth-order valence-electron chi connectivity index (χ4n) is 2.09. The van der Waals surface area contributed by atoms with Gasteiger partial charge >= 0.3 is 0 Å². The van der Waals surface area contributed by atoms with E-state index in [0.717, 1.165) is 24.3 Å². The van der Waals surface area contributed by atoms with Crippen LogP contribution in [0.25, 0.3) is 0 Å². The predicted molar refractivity (Wildman–Crippen MR) is 61.5 cm³/mol. The van der Waals surface area contributed by atoms with Gasteiger partial charge in [0, 0.05) is 17.0 Å². The number of halogens is 1. The van der Waals surface area contributed by atoms with Crippen LogP contribution in [0.5, 0.6) is 0 Å². The van der Waals surface area contributed by atoms with Crippen molar-refractivity contribution in [1.82, 2.24) is 0 Å². The van der Waals surface area contributed by atoms with Crippen molar-refractivity contribution in [2.24, 2.45) is 5.73 Å². The Morgan fingerprint density at radius 2 is 2.20 bits per heavy atom. The second kappa shape index (κ2) is 4.33. The van der Waals surface area contributed by atoms with Crippen molar-refractivity contribution in [2.45, 2.75) is 25.7 Å². The van der Waals surface area contributed by atoms with Crippen molar-refractivity contribution < 1.29 is 4.79 Å². The molecule has 0 fully saturated rings. The largest absolute Gasteiger partial charge is 0.330 e. The van der Waals surface area contributed by atoms with Gasteiger partial charge < -0.3 is 5.73 Å². The first-order chi connectivity index (χ1) is 7.22. The van der Waals surface area contributed by atoms with Gasteiger partial charge in [0.15, 0.2) is 5.78 Å². The van der Waals surface area contributed by atoms with E-state index in [4.69, 9.17) is 17.3 Å². The number of aryl methyl sites for hydroxylation is 1. The number of benzene rings is 1. The molecule has 3 heteroatoms. The van der Waals surface area contributed by atoms with E-state index in [0.29, 0.717) is 18.5 Å². The van der Waals surface area contributed by atoms with Crippen LogP contribution in [0.2, 0.25) is 5.02 Å². The van der Waals surface area contributed by atoms with Crippen molar-refractivity contribution in [3.8, 4) is 0 Å². The van der Waals surface area contributed by atoms with E-state index in [1.54, 1.807) is 6.07 Å². The molecule has 0 bridgehead atoms. The van der Waals surface area contributed by atoms with E-state index < -0.39 is 0 Å². The summed E-state index contributed by atoms with van der Waals surface area (Å²) >= 11 is 6.14. The van der Waals surface area contributed by atoms with Crippen LogP contribution in [0.4, 0.5) is 0 Å². The molecule has 0 aliphatic heterocycles. The lowest BCUT2D eigenvalue weighted by atomic mass is 10.0. The SMILES string of the molecule is NCCC(=O)c1cc(Cl)c2c(c1)CCC2. The number of carbonyl (C=O) groups is 1. The van der Waals surface area contributed by atoms with Crippen LogP contribution in [0.3, 0.4) is 0 Å². The van der Waals surface area contributed by atoms with Crippen molar-refractivity contribution >= 4 is 17.4 Å². The maximum atomic E-state index is 11.7. The Labute approximate surface area is 94.4 Å². The number of ketones is 1. The van der Waals surface area contributed by atoms with Crippen LogP contribution in [0.1, 0.15) is 34.3 Å². The Balaban J connectivity index is 2.35. The van der Waals surface area contributed by atoms with E-state index in [-0.39, 0.29) is 5.78 Å². The van der Waals surface area contributed by atoms with Gasteiger partial charge in [-0.1, -0.05) is 11.6 Å². The van der Waals surface area contributed by atoms with Gasteiger partial charge in [-0.15, -0.1) is 0 Å². The minimum absolute atomic E-state index is 0.0918. The minimum Gasteiger partial charge on any atom is -0.330 e. The number of fused-ring (bicyclic) bond motifs is 1. The molecule has 0 saturated carbocycles. The molecule has 0 radical (unpaired) electrons. The Morgan fingerprint density at radius 3 is 2.93 bits per heavy atom. The maximum absolute atomic E-state index is 11.7. The van der Waals surface area contributed by atoms with Crippen molar-refractivity contribution in [3.63, 3.8) is 0 Å². The summed E-state index contributed by atoms with van der Waals surface area (Å²) in [6.07, 6.45) is 3.62. The van der Waals surface area contributed by atoms with E-state index in [9.17, 15) is 4.79 Å². The minimum atomic E-state index is 0.0918. The fourth-order valence-corrected chi connectivity index (χ4v) is 2.42. The van der Waals surface area contributed by atoms with Crippen molar-refractivity contribution in [2.75, 3.05) is 6.54 Å². The van der Waals surface area contributed by atoms with Crippen LogP contribution >= 0.6 is 11.6 Å². The molecule has 0 aromatic heterocycles. The molecule has 0 saturated heterocycles. The molecule has 0 heterocycles. The first kappa shape index (κ1) is 10.7. The highest BCUT2D eigenvalue weighted by atomic mass is 35.5. The molecule has 1 aromatic carbocycles. The zero-order valence-corrected chi connectivity index (χ0v) is 9.31. The number of carbonyl (C=O) groups excluding carboxylic acids is 1. The average molecular weight is 224 g/mol. The van der Waals surface area contributed by atoms with Gasteiger partial charge in [0.25, 0.3) is 0 Å². The molecule has 1 aromatic rings. The average Bonchev–Trinajstić information content (AvgIpc) is 2.66. The number of rotatable bonds is 3. The fraction of sp³-hybridized carbons (Fsp3) is 0.417. The number of Topliss-reactive ketones (excluding diaryl/α,β-unsaturated/α-hetero) is 1. The summed E-state index contributed by atoms with van der Waals surface area (Å²) in [6.45, 7) is 0.396. The molecule has 2 rings (SSSR count). The Hall–Kier alpha value is -0.860. The molecule has 0 atom stereocenters. The molecule has 80 valence electrons. The lowest BCUT2D eigenvalue weighted by Crippen LogP contribution is -2.08. The second-order valence-corrected chi connectivity index (χ2v) is 4.32. The Bertz CT molecular complexity index is 401. The molecule has 0 unspecified atom stereocenters. The summed E-state index contributed by atoms with van der Waals surface area (Å²) in [7, 11) is 0. The van der Waals surface area contributed by atoms with Crippen LogP contribution in [0, 0.1) is 0 Å². The Kier molecular flexibility index (Phi) is 3.08. The molecule has 1 aliphatic carbocycles. The smallest absolute Gasteiger partial charge is 0.164 e. The quantitative estimate of drug-likeness (QED) is 0.800. The zero-order valence-electron chi connectivity index (χ0n) is 8.55. The third-order valence-electron chi connectivity index (χ3n) is 2.85. The van der Waals surface area contributed by atoms with Gasteiger partial charge in [-0.25, -0.2) is 0 Å². The third kappa shape index (κ3) is 2.06. The van der Waals surface area contributed by atoms with Gasteiger partial charge in [-0.2, -0.15) is 0 Å². The highest BCUT2D eigenvalue weighted by molar-refractivity contribution is 6.32. The predicted octanol–water partition coefficient (Wildman–Crippen LogP) is 2.36. The van der Waals surface area contributed by atoms with E-state index in [1.807, 2.05) is 6.07 Å². The van der Waals surface area contributed by atoms with E-state index in [1.165, 1.54) is 11.1 Å². The first-order valence-corrected chi connectivity index (χ1v) is 5.64. The van der Waals surface area contributed by atoms with Gasteiger partial charge in [-0.05, 0) is 49.1 Å². The lowest BCUT2D eigenvalue weighted by Gasteiger charge is -2.06. The second-order valence-electron chi connectivity index (χ2n) is 3.91. The van der Waals surface area contributed by atoms with Crippen LogP contribution in [0.15, 0.2) is 12.1 Å². The standard InChI is InChI=1S/C12H14ClNO/c13-11-7-9(12(15)4-5-14)6-8-2-1-3-10(8)11/h6-7H,1-5,14H2. The van der Waals surface area contributed by atoms with Gasteiger partial charge in [0.1, 0.15) is 0 Å². The van der Waals surface area contributed by atoms with Crippen LogP contribution < -0.4 is 5.73 Å². The van der Waals surface area contributed by atoms with Crippen LogP contribution in [-0.2, 0) is 12.8 Å². The van der Waals surface area contributed by atoms with Gasteiger partial charge in [0.2, 0.25) is 0 Å². The highest BCUT2D eigenvalue weighted by Crippen LogP contribution is 2.30. The molecule has 0 spiro atoms. The van der Waals surface area contributed by atoms with Gasteiger partial charge in [0.05, 0.1) is 0 Å². The lowest BCUT2D eigenvalue weighted by molar-refractivity contribution is 0.0985. The molecule has 2 nitrogen and oxygen atoms in total. The molecular weight excluding hydrogens is 210 g/mol.